The van der Waals surface area contributed by atoms with Gasteiger partial charge in [-0.3, -0.25) is 4.79 Å². The average molecular weight is 500 g/mol. The van der Waals surface area contributed by atoms with Crippen LogP contribution in [-0.2, 0) is 4.79 Å². The lowest BCUT2D eigenvalue weighted by molar-refractivity contribution is -0.131. The predicted octanol–water partition coefficient (Wildman–Crippen LogP) is 1.87. The first-order valence-electron chi connectivity index (χ1n) is 13.1. The molecule has 0 saturated carbocycles. The molecule has 4 aliphatic rings. The maximum Gasteiger partial charge on any atom is 0.230 e. The monoisotopic (exact) mass is 499 g/mol. The molecule has 2 aliphatic heterocycles. The molecule has 12 atom stereocenters. The fourth-order valence-electron chi connectivity index (χ4n) is 6.84. The van der Waals surface area contributed by atoms with Gasteiger partial charge in [-0.2, -0.15) is 0 Å². The van der Waals surface area contributed by atoms with Crippen LogP contribution in [0.1, 0.15) is 40.5 Å². The first kappa shape index (κ1) is 27.0. The van der Waals surface area contributed by atoms with Crippen LogP contribution in [-0.4, -0.2) is 78.9 Å². The van der Waals surface area contributed by atoms with Gasteiger partial charge < -0.3 is 30.4 Å². The Bertz CT molecular complexity index is 984. The summed E-state index contributed by atoms with van der Waals surface area (Å²) >= 11 is 0. The molecule has 0 aromatic carbocycles. The van der Waals surface area contributed by atoms with Gasteiger partial charge in [-0.15, -0.1) is 0 Å². The van der Waals surface area contributed by atoms with Crippen molar-refractivity contribution in [1.29, 1.82) is 0 Å². The van der Waals surface area contributed by atoms with Crippen molar-refractivity contribution < 1.29 is 30.3 Å². The Morgan fingerprint density at radius 2 is 1.58 bits per heavy atom. The van der Waals surface area contributed by atoms with Crippen molar-refractivity contribution in [2.24, 2.45) is 29.1 Å². The molecule has 7 heteroatoms. The van der Waals surface area contributed by atoms with Crippen LogP contribution in [0.5, 0.6) is 0 Å². The summed E-state index contributed by atoms with van der Waals surface area (Å²) in [4.78, 5) is 15.3. The van der Waals surface area contributed by atoms with Crippen molar-refractivity contribution in [3.63, 3.8) is 0 Å². The van der Waals surface area contributed by atoms with Gasteiger partial charge in [-0.25, -0.2) is 0 Å². The van der Waals surface area contributed by atoms with E-state index in [9.17, 15) is 30.3 Å². The quantitative estimate of drug-likeness (QED) is 0.325. The summed E-state index contributed by atoms with van der Waals surface area (Å²) in [5.74, 6) is -0.942. The van der Waals surface area contributed by atoms with Gasteiger partial charge in [0, 0.05) is 35.6 Å². The highest BCUT2D eigenvalue weighted by Gasteiger charge is 2.62. The normalized spacial score (nSPS) is 47.5. The third-order valence-corrected chi connectivity index (χ3v) is 8.76. The van der Waals surface area contributed by atoms with Gasteiger partial charge >= 0.3 is 0 Å². The molecule has 5 N–H and O–H groups in total. The maximum atomic E-state index is 13.4. The second kappa shape index (κ2) is 10.4. The number of aliphatic hydroxyl groups excluding tert-OH is 5. The highest BCUT2D eigenvalue weighted by Crippen LogP contribution is 2.56. The molecule has 2 fully saturated rings. The number of allylic oxidation sites excluding steroid dienone is 7. The molecule has 0 aromatic rings. The molecule has 4 rings (SSSR count). The second-order valence-electron chi connectivity index (χ2n) is 11.4. The standard InChI is InChI=1S/C29H41NO6/c1-16-7-5-6-8-20(31)14-23(33)27(35)26(34)17(2)9-10-19-11-12-21-24(29(19,4)15-16)25-22(32)13-18(3)30(25)28(21)36/h5-12,15,17-27,31-35H,13-14H2,1-4H3. The number of carbonyl (C=O) groups excluding carboxylic acids is 1. The Hall–Kier alpha value is -2.03. The van der Waals surface area contributed by atoms with E-state index in [4.69, 9.17) is 0 Å². The van der Waals surface area contributed by atoms with E-state index < -0.39 is 41.9 Å². The van der Waals surface area contributed by atoms with Crippen molar-refractivity contribution in [1.82, 2.24) is 4.90 Å². The van der Waals surface area contributed by atoms with Gasteiger partial charge in [0.15, 0.2) is 0 Å². The van der Waals surface area contributed by atoms with Crippen molar-refractivity contribution >= 4 is 5.91 Å². The third-order valence-electron chi connectivity index (χ3n) is 8.76. The number of hydrogen-bond donors (Lipinski definition) is 5. The molecule has 2 saturated heterocycles. The van der Waals surface area contributed by atoms with E-state index in [-0.39, 0.29) is 42.2 Å². The molecule has 1 amide bonds. The summed E-state index contributed by atoms with van der Waals surface area (Å²) in [7, 11) is 0. The molecular weight excluding hydrogens is 458 g/mol. The van der Waals surface area contributed by atoms with E-state index in [0.29, 0.717) is 6.42 Å². The number of aliphatic hydroxyl groups is 5. The topological polar surface area (TPSA) is 121 Å². The van der Waals surface area contributed by atoms with E-state index in [1.807, 2.05) is 55.2 Å². The van der Waals surface area contributed by atoms with Gasteiger partial charge in [0.05, 0.1) is 36.4 Å². The Kier molecular flexibility index (Phi) is 7.79. The van der Waals surface area contributed by atoms with Crippen molar-refractivity contribution in [3.8, 4) is 0 Å². The summed E-state index contributed by atoms with van der Waals surface area (Å²) < 4.78 is 0. The minimum Gasteiger partial charge on any atom is -0.391 e. The zero-order chi connectivity index (χ0) is 26.4. The number of hydrogen-bond acceptors (Lipinski definition) is 6. The Morgan fingerprint density at radius 3 is 2.31 bits per heavy atom. The predicted molar refractivity (Wildman–Crippen MR) is 137 cm³/mol. The second-order valence-corrected chi connectivity index (χ2v) is 11.4. The molecule has 36 heavy (non-hydrogen) atoms. The Labute approximate surface area is 213 Å². The van der Waals surface area contributed by atoms with Gasteiger partial charge in [0.1, 0.15) is 6.10 Å². The van der Waals surface area contributed by atoms with Gasteiger partial charge in [-0.05, 0) is 20.3 Å². The van der Waals surface area contributed by atoms with Crippen LogP contribution in [0.25, 0.3) is 0 Å². The van der Waals surface area contributed by atoms with Crippen LogP contribution < -0.4 is 0 Å². The molecule has 12 unspecified atom stereocenters. The molecule has 0 radical (unpaired) electrons. The zero-order valence-electron chi connectivity index (χ0n) is 21.6. The summed E-state index contributed by atoms with van der Waals surface area (Å²) in [5, 5.41) is 52.8. The molecule has 0 bridgehead atoms. The minimum absolute atomic E-state index is 0.00935. The number of nitrogens with zero attached hydrogens (tertiary/aromatic N) is 1. The van der Waals surface area contributed by atoms with Crippen LogP contribution in [0, 0.1) is 29.1 Å². The van der Waals surface area contributed by atoms with E-state index in [2.05, 4.69) is 13.0 Å². The van der Waals surface area contributed by atoms with Crippen LogP contribution >= 0.6 is 0 Å². The molecule has 0 aromatic heterocycles. The Morgan fingerprint density at radius 1 is 0.889 bits per heavy atom. The van der Waals surface area contributed by atoms with Crippen LogP contribution in [0.15, 0.2) is 60.3 Å². The average Bonchev–Trinajstić information content (AvgIpc) is 3.28. The highest BCUT2D eigenvalue weighted by atomic mass is 16.4. The Balaban J connectivity index is 1.79. The molecular formula is C29H41NO6. The molecule has 198 valence electrons. The number of amides is 1. The molecule has 2 aliphatic carbocycles. The minimum atomic E-state index is -1.41. The number of rotatable bonds is 0. The number of fused-ring (bicyclic) bond motifs is 5. The summed E-state index contributed by atoms with van der Waals surface area (Å²) in [6.07, 6.45) is 12.0. The fraction of sp³-hybridized carbons (Fsp3) is 0.621. The lowest BCUT2D eigenvalue weighted by atomic mass is 9.58. The zero-order valence-corrected chi connectivity index (χ0v) is 21.6. The molecule has 0 spiro atoms. The third kappa shape index (κ3) is 4.79. The fourth-order valence-corrected chi connectivity index (χ4v) is 6.84. The smallest absolute Gasteiger partial charge is 0.230 e. The van der Waals surface area contributed by atoms with Gasteiger partial charge in [0.25, 0.3) is 0 Å². The lowest BCUT2D eigenvalue weighted by Gasteiger charge is -2.45. The summed E-state index contributed by atoms with van der Waals surface area (Å²) in [6, 6.07) is -0.276. The van der Waals surface area contributed by atoms with Crippen molar-refractivity contribution in [2.75, 3.05) is 0 Å². The van der Waals surface area contributed by atoms with Gasteiger partial charge in [-0.1, -0.05) is 74.1 Å². The van der Waals surface area contributed by atoms with Crippen molar-refractivity contribution in [3.05, 3.63) is 60.3 Å². The van der Waals surface area contributed by atoms with E-state index in [1.54, 1.807) is 13.0 Å². The largest absolute Gasteiger partial charge is 0.391 e. The maximum absolute atomic E-state index is 13.4. The van der Waals surface area contributed by atoms with E-state index in [1.165, 1.54) is 6.08 Å². The first-order chi connectivity index (χ1) is 17.0. The SMILES string of the molecule is CC1=CC2(C)C(C=CC(C)C(O)C(O)C(O)CC(O)C=CC=C1)C=CC1C(=O)N3C(C)CC(O)C3C12. The van der Waals surface area contributed by atoms with E-state index >= 15 is 0 Å². The van der Waals surface area contributed by atoms with Crippen LogP contribution in [0.2, 0.25) is 0 Å². The highest BCUT2D eigenvalue weighted by molar-refractivity contribution is 5.85. The van der Waals surface area contributed by atoms with E-state index in [0.717, 1.165) is 5.57 Å². The van der Waals surface area contributed by atoms with Crippen molar-refractivity contribution in [2.45, 2.75) is 83.1 Å². The van der Waals surface area contributed by atoms with Crippen LogP contribution in [0.4, 0.5) is 0 Å². The number of carbonyl (C=O) groups is 1. The van der Waals surface area contributed by atoms with Gasteiger partial charge in [0.2, 0.25) is 5.91 Å². The summed E-state index contributed by atoms with van der Waals surface area (Å²) in [6.45, 7) is 7.90. The van der Waals surface area contributed by atoms with Crippen LogP contribution in [0.3, 0.4) is 0 Å². The lowest BCUT2D eigenvalue weighted by Crippen LogP contribution is -2.47. The first-order valence-corrected chi connectivity index (χ1v) is 13.1. The summed E-state index contributed by atoms with van der Waals surface area (Å²) in [5.41, 5.74) is 0.485. The molecule has 7 nitrogen and oxygen atoms in total. The molecule has 2 heterocycles.